The van der Waals surface area contributed by atoms with Crippen molar-refractivity contribution in [1.82, 2.24) is 0 Å². The van der Waals surface area contributed by atoms with E-state index in [-0.39, 0.29) is 18.4 Å². The van der Waals surface area contributed by atoms with Gasteiger partial charge in [0, 0.05) is 6.42 Å². The van der Waals surface area contributed by atoms with E-state index in [0.29, 0.717) is 0 Å². The molecule has 0 atom stereocenters. The molecule has 0 saturated carbocycles. The van der Waals surface area contributed by atoms with Crippen LogP contribution in [0.4, 0.5) is 8.78 Å². The number of carbonyl (C=O) groups is 1. The largest absolute Gasteiger partial charge is 0.481 e. The lowest BCUT2D eigenvalue weighted by Crippen LogP contribution is -2.00. The lowest BCUT2D eigenvalue weighted by Gasteiger charge is -1.99. The van der Waals surface area contributed by atoms with E-state index in [2.05, 4.69) is 6.58 Å². The Balaban J connectivity index is 3.50. The molecule has 0 radical (unpaired) electrons. The van der Waals surface area contributed by atoms with Crippen LogP contribution in [0.15, 0.2) is 12.2 Å². The minimum atomic E-state index is -2.60. The molecule has 4 heteroatoms. The molecule has 0 aromatic rings. The van der Waals surface area contributed by atoms with Gasteiger partial charge in [0.25, 0.3) is 6.43 Å². The number of halogens is 2. The summed E-state index contributed by atoms with van der Waals surface area (Å²) in [5.74, 6) is -1.08. The van der Waals surface area contributed by atoms with Gasteiger partial charge in [-0.15, -0.1) is 0 Å². The average molecular weight is 150 g/mol. The van der Waals surface area contributed by atoms with Crippen LogP contribution in [0.5, 0.6) is 0 Å². The Kier molecular flexibility index (Phi) is 3.61. The second-order valence-corrected chi connectivity index (χ2v) is 1.85. The lowest BCUT2D eigenvalue weighted by molar-refractivity contribution is -0.137. The van der Waals surface area contributed by atoms with E-state index < -0.39 is 12.4 Å². The molecule has 0 spiro atoms. The standard InChI is InChI=1S/C6H8F2O2/c1-4(6(7)8)2-3-5(9)10/h6H,1-3H2,(H,9,10). The van der Waals surface area contributed by atoms with Gasteiger partial charge >= 0.3 is 5.97 Å². The van der Waals surface area contributed by atoms with Crippen LogP contribution in [0, 0.1) is 0 Å². The summed E-state index contributed by atoms with van der Waals surface area (Å²) in [5.41, 5.74) is -0.317. The number of hydrogen-bond acceptors (Lipinski definition) is 1. The molecule has 0 rings (SSSR count). The van der Waals surface area contributed by atoms with E-state index in [1.165, 1.54) is 0 Å². The first kappa shape index (κ1) is 9.07. The van der Waals surface area contributed by atoms with Gasteiger partial charge in [0.1, 0.15) is 0 Å². The second kappa shape index (κ2) is 3.98. The quantitative estimate of drug-likeness (QED) is 0.619. The number of allylic oxidation sites excluding steroid dienone is 1. The van der Waals surface area contributed by atoms with Crippen molar-refractivity contribution in [2.24, 2.45) is 0 Å². The first-order valence-corrected chi connectivity index (χ1v) is 2.71. The maximum absolute atomic E-state index is 11.6. The highest BCUT2D eigenvalue weighted by molar-refractivity contribution is 5.67. The summed E-state index contributed by atoms with van der Waals surface area (Å²) in [6, 6.07) is 0. The molecule has 0 fully saturated rings. The smallest absolute Gasteiger partial charge is 0.303 e. The van der Waals surface area contributed by atoms with Crippen LogP contribution in [-0.2, 0) is 4.79 Å². The van der Waals surface area contributed by atoms with Crippen molar-refractivity contribution in [3.05, 3.63) is 12.2 Å². The summed E-state index contributed by atoms with van der Waals surface area (Å²) in [7, 11) is 0. The topological polar surface area (TPSA) is 37.3 Å². The summed E-state index contributed by atoms with van der Waals surface area (Å²) in [6.07, 6.45) is -3.02. The molecule has 0 aliphatic carbocycles. The van der Waals surface area contributed by atoms with Crippen LogP contribution in [0.2, 0.25) is 0 Å². The SMILES string of the molecule is C=C(CCC(=O)O)C(F)F. The van der Waals surface area contributed by atoms with Crippen molar-refractivity contribution < 1.29 is 18.7 Å². The summed E-state index contributed by atoms with van der Waals surface area (Å²) >= 11 is 0. The molecule has 0 unspecified atom stereocenters. The molecule has 0 saturated heterocycles. The molecule has 10 heavy (non-hydrogen) atoms. The molecule has 1 N–H and O–H groups in total. The highest BCUT2D eigenvalue weighted by Gasteiger charge is 2.08. The summed E-state index contributed by atoms with van der Waals surface area (Å²) in [6.45, 7) is 3.01. The average Bonchev–Trinajstić information content (AvgIpc) is 1.82. The monoisotopic (exact) mass is 150 g/mol. The molecule has 0 aliphatic heterocycles. The van der Waals surface area contributed by atoms with Gasteiger partial charge in [0.15, 0.2) is 0 Å². The first-order chi connectivity index (χ1) is 4.54. The van der Waals surface area contributed by atoms with Gasteiger partial charge in [-0.05, 0) is 12.0 Å². The van der Waals surface area contributed by atoms with Gasteiger partial charge in [0.2, 0.25) is 0 Å². The summed E-state index contributed by atoms with van der Waals surface area (Å²) in [5, 5.41) is 8.06. The predicted molar refractivity (Wildman–Crippen MR) is 32.0 cm³/mol. The van der Waals surface area contributed by atoms with Crippen LogP contribution in [-0.4, -0.2) is 17.5 Å². The fourth-order valence-electron chi connectivity index (χ4n) is 0.377. The maximum Gasteiger partial charge on any atom is 0.303 e. The number of aliphatic carboxylic acids is 1. The summed E-state index contributed by atoms with van der Waals surface area (Å²) in [4.78, 5) is 9.84. The van der Waals surface area contributed by atoms with Crippen LogP contribution in [0.25, 0.3) is 0 Å². The Morgan fingerprint density at radius 3 is 2.30 bits per heavy atom. The molecule has 0 amide bonds. The lowest BCUT2D eigenvalue weighted by atomic mass is 10.2. The van der Waals surface area contributed by atoms with E-state index in [9.17, 15) is 13.6 Å². The van der Waals surface area contributed by atoms with E-state index in [0.717, 1.165) is 0 Å². The van der Waals surface area contributed by atoms with E-state index in [1.807, 2.05) is 0 Å². The highest BCUT2D eigenvalue weighted by atomic mass is 19.3. The van der Waals surface area contributed by atoms with Gasteiger partial charge < -0.3 is 5.11 Å². The number of carboxylic acids is 1. The Morgan fingerprint density at radius 2 is 2.00 bits per heavy atom. The third-order valence-electron chi connectivity index (χ3n) is 0.969. The van der Waals surface area contributed by atoms with Crippen LogP contribution in [0.3, 0.4) is 0 Å². The van der Waals surface area contributed by atoms with Crippen molar-refractivity contribution in [1.29, 1.82) is 0 Å². The molecular formula is C6H8F2O2. The molecule has 0 aromatic carbocycles. The fraction of sp³-hybridized carbons (Fsp3) is 0.500. The number of hydrogen-bond donors (Lipinski definition) is 1. The van der Waals surface area contributed by atoms with Gasteiger partial charge in [-0.2, -0.15) is 0 Å². The summed E-state index contributed by atoms with van der Waals surface area (Å²) < 4.78 is 23.2. The Hall–Kier alpha value is -0.930. The maximum atomic E-state index is 11.6. The predicted octanol–water partition coefficient (Wildman–Crippen LogP) is 1.67. The molecular weight excluding hydrogens is 142 g/mol. The molecule has 0 aliphatic rings. The van der Waals surface area contributed by atoms with Gasteiger partial charge in [-0.1, -0.05) is 6.58 Å². The van der Waals surface area contributed by atoms with Gasteiger partial charge in [-0.25, -0.2) is 8.78 Å². The van der Waals surface area contributed by atoms with Crippen LogP contribution >= 0.6 is 0 Å². The van der Waals surface area contributed by atoms with Crippen molar-refractivity contribution in [3.63, 3.8) is 0 Å². The van der Waals surface area contributed by atoms with Crippen molar-refractivity contribution in [2.75, 3.05) is 0 Å². The van der Waals surface area contributed by atoms with Gasteiger partial charge in [0.05, 0.1) is 0 Å². The van der Waals surface area contributed by atoms with Crippen molar-refractivity contribution in [2.45, 2.75) is 19.3 Å². The molecule has 0 bridgehead atoms. The van der Waals surface area contributed by atoms with E-state index in [4.69, 9.17) is 5.11 Å². The number of carboxylic acid groups (broad SMARTS) is 1. The normalized spacial score (nSPS) is 9.90. The zero-order chi connectivity index (χ0) is 8.15. The van der Waals surface area contributed by atoms with Crippen molar-refractivity contribution >= 4 is 5.97 Å². The highest BCUT2D eigenvalue weighted by Crippen LogP contribution is 2.11. The zero-order valence-electron chi connectivity index (χ0n) is 5.31. The fourth-order valence-corrected chi connectivity index (χ4v) is 0.377. The number of rotatable bonds is 4. The van der Waals surface area contributed by atoms with Gasteiger partial charge in [-0.3, -0.25) is 4.79 Å². The zero-order valence-corrected chi connectivity index (χ0v) is 5.31. The van der Waals surface area contributed by atoms with Crippen molar-refractivity contribution in [3.8, 4) is 0 Å². The van der Waals surface area contributed by atoms with Crippen LogP contribution < -0.4 is 0 Å². The van der Waals surface area contributed by atoms with Crippen LogP contribution in [0.1, 0.15) is 12.8 Å². The minimum Gasteiger partial charge on any atom is -0.481 e. The Morgan fingerprint density at radius 1 is 1.50 bits per heavy atom. The Bertz CT molecular complexity index is 143. The third-order valence-corrected chi connectivity index (χ3v) is 0.969. The molecule has 0 heterocycles. The molecule has 2 nitrogen and oxygen atoms in total. The van der Waals surface area contributed by atoms with E-state index in [1.54, 1.807) is 0 Å². The first-order valence-electron chi connectivity index (χ1n) is 2.71. The van der Waals surface area contributed by atoms with E-state index >= 15 is 0 Å². The molecule has 0 aromatic heterocycles. The second-order valence-electron chi connectivity index (χ2n) is 1.85. The molecule has 58 valence electrons. The minimum absolute atomic E-state index is 0.146. The number of alkyl halides is 2. The Labute approximate surface area is 57.2 Å². The third kappa shape index (κ3) is 4.00.